The van der Waals surface area contributed by atoms with Crippen LogP contribution in [0.4, 0.5) is 5.69 Å². The van der Waals surface area contributed by atoms with Crippen molar-refractivity contribution < 1.29 is 9.53 Å². The molecule has 7 heteroatoms. The van der Waals surface area contributed by atoms with Gasteiger partial charge in [0.05, 0.1) is 17.3 Å². The third kappa shape index (κ3) is 5.12. The van der Waals surface area contributed by atoms with E-state index in [0.717, 1.165) is 5.69 Å². The second-order valence-electron chi connectivity index (χ2n) is 4.48. The second-order valence-corrected chi connectivity index (χ2v) is 5.29. The highest BCUT2D eigenvalue weighted by Crippen LogP contribution is 2.25. The van der Waals surface area contributed by atoms with E-state index in [1.54, 1.807) is 12.1 Å². The minimum Gasteiger partial charge on any atom is -0.492 e. The monoisotopic (exact) mass is 349 g/mol. The van der Waals surface area contributed by atoms with Crippen LogP contribution in [-0.2, 0) is 0 Å². The van der Waals surface area contributed by atoms with Crippen LogP contribution in [0, 0.1) is 0 Å². The Kier molecular flexibility index (Phi) is 6.19. The van der Waals surface area contributed by atoms with E-state index in [1.807, 2.05) is 37.3 Å². The predicted octanol–water partition coefficient (Wildman–Crippen LogP) is 3.37. The number of ether oxygens (including phenoxy) is 1. The molecule has 0 aliphatic rings. The van der Waals surface area contributed by atoms with Crippen LogP contribution in [-0.4, -0.2) is 17.6 Å². The average molecular weight is 350 g/mol. The van der Waals surface area contributed by atoms with Crippen molar-refractivity contribution in [2.45, 2.75) is 6.92 Å². The van der Waals surface area contributed by atoms with Gasteiger partial charge in [0.25, 0.3) is 5.91 Å². The van der Waals surface area contributed by atoms with E-state index in [9.17, 15) is 4.79 Å². The second kappa shape index (κ2) is 8.36. The Morgan fingerprint density at radius 3 is 2.61 bits per heavy atom. The number of hydrogen-bond acceptors (Lipinski definition) is 4. The number of halogens is 1. The van der Waals surface area contributed by atoms with Crippen LogP contribution in [0.2, 0.25) is 5.02 Å². The van der Waals surface area contributed by atoms with Gasteiger partial charge in [-0.05, 0) is 49.5 Å². The van der Waals surface area contributed by atoms with Gasteiger partial charge in [-0.1, -0.05) is 29.8 Å². The SMILES string of the molecule is CCOc1ccc(C(=O)NC(=S)NNc2ccccc2)cc1Cl. The highest BCUT2D eigenvalue weighted by molar-refractivity contribution is 7.80. The first-order valence-electron chi connectivity index (χ1n) is 6.95. The Balaban J connectivity index is 1.90. The van der Waals surface area contributed by atoms with Gasteiger partial charge in [0.2, 0.25) is 0 Å². The van der Waals surface area contributed by atoms with E-state index in [1.165, 1.54) is 6.07 Å². The number of hydrogen-bond donors (Lipinski definition) is 3. The average Bonchev–Trinajstić information content (AvgIpc) is 2.56. The highest BCUT2D eigenvalue weighted by atomic mass is 35.5. The van der Waals surface area contributed by atoms with E-state index in [0.29, 0.717) is 22.9 Å². The molecule has 5 nitrogen and oxygen atoms in total. The summed E-state index contributed by atoms with van der Waals surface area (Å²) in [7, 11) is 0. The fourth-order valence-electron chi connectivity index (χ4n) is 1.77. The number of amides is 1. The molecule has 0 radical (unpaired) electrons. The third-order valence-electron chi connectivity index (χ3n) is 2.82. The van der Waals surface area contributed by atoms with Crippen molar-refractivity contribution in [2.24, 2.45) is 0 Å². The van der Waals surface area contributed by atoms with Gasteiger partial charge in [0, 0.05) is 5.56 Å². The van der Waals surface area contributed by atoms with Gasteiger partial charge >= 0.3 is 0 Å². The largest absolute Gasteiger partial charge is 0.492 e. The van der Waals surface area contributed by atoms with E-state index < -0.39 is 0 Å². The zero-order chi connectivity index (χ0) is 16.7. The van der Waals surface area contributed by atoms with Crippen LogP contribution >= 0.6 is 23.8 Å². The number of thiocarbonyl (C=S) groups is 1. The molecule has 0 bridgehead atoms. The van der Waals surface area contributed by atoms with Crippen LogP contribution < -0.4 is 20.9 Å². The van der Waals surface area contributed by atoms with Gasteiger partial charge < -0.3 is 4.74 Å². The molecule has 0 saturated heterocycles. The molecule has 2 rings (SSSR count). The molecule has 23 heavy (non-hydrogen) atoms. The molecule has 3 N–H and O–H groups in total. The maximum Gasteiger partial charge on any atom is 0.257 e. The van der Waals surface area contributed by atoms with Crippen LogP contribution in [0.5, 0.6) is 5.75 Å². The maximum absolute atomic E-state index is 12.1. The zero-order valence-corrected chi connectivity index (χ0v) is 14.0. The van der Waals surface area contributed by atoms with Crippen LogP contribution in [0.1, 0.15) is 17.3 Å². The first-order chi connectivity index (χ1) is 11.1. The molecule has 2 aromatic carbocycles. The fourth-order valence-corrected chi connectivity index (χ4v) is 2.15. The maximum atomic E-state index is 12.1. The number of para-hydroxylation sites is 1. The number of carbonyl (C=O) groups excluding carboxylic acids is 1. The van der Waals surface area contributed by atoms with E-state index in [4.69, 9.17) is 28.6 Å². The molecule has 2 aromatic rings. The minimum atomic E-state index is -0.359. The topological polar surface area (TPSA) is 62.4 Å². The van der Waals surface area contributed by atoms with Gasteiger partial charge in [0.15, 0.2) is 5.11 Å². The number of carbonyl (C=O) groups is 1. The number of anilines is 1. The molecule has 1 amide bonds. The molecule has 0 fully saturated rings. The van der Waals surface area contributed by atoms with E-state index in [2.05, 4.69) is 16.2 Å². The van der Waals surface area contributed by atoms with Gasteiger partial charge in [-0.3, -0.25) is 21.0 Å². The molecule has 0 spiro atoms. The van der Waals surface area contributed by atoms with Crippen molar-refractivity contribution in [3.63, 3.8) is 0 Å². The first kappa shape index (κ1) is 17.1. The summed E-state index contributed by atoms with van der Waals surface area (Å²) >= 11 is 11.1. The minimum absolute atomic E-state index is 0.156. The number of rotatable bonds is 5. The van der Waals surface area contributed by atoms with Gasteiger partial charge in [0.1, 0.15) is 5.75 Å². The third-order valence-corrected chi connectivity index (χ3v) is 3.31. The first-order valence-corrected chi connectivity index (χ1v) is 7.73. The predicted molar refractivity (Wildman–Crippen MR) is 95.9 cm³/mol. The molecule has 0 saturated carbocycles. The Bertz CT molecular complexity index is 695. The summed E-state index contributed by atoms with van der Waals surface area (Å²) in [6.45, 7) is 2.37. The highest BCUT2D eigenvalue weighted by Gasteiger charge is 2.10. The standard InChI is InChI=1S/C16H16ClN3O2S/c1-2-22-14-9-8-11(10-13(14)17)15(21)18-16(23)20-19-12-6-4-3-5-7-12/h3-10,19H,2H2,1H3,(H2,18,20,21,23). The summed E-state index contributed by atoms with van der Waals surface area (Å²) < 4.78 is 5.33. The van der Waals surface area contributed by atoms with E-state index in [-0.39, 0.29) is 11.0 Å². The molecule has 0 aromatic heterocycles. The lowest BCUT2D eigenvalue weighted by atomic mass is 10.2. The summed E-state index contributed by atoms with van der Waals surface area (Å²) in [6.07, 6.45) is 0. The summed E-state index contributed by atoms with van der Waals surface area (Å²) in [5.41, 5.74) is 6.84. The number of benzene rings is 2. The van der Waals surface area contributed by atoms with Crippen molar-refractivity contribution in [1.82, 2.24) is 10.7 Å². The lowest BCUT2D eigenvalue weighted by Crippen LogP contribution is -2.41. The Morgan fingerprint density at radius 1 is 1.22 bits per heavy atom. The van der Waals surface area contributed by atoms with Gasteiger partial charge in [-0.25, -0.2) is 0 Å². The molecule has 0 aliphatic heterocycles. The molecule has 0 atom stereocenters. The van der Waals surface area contributed by atoms with Gasteiger partial charge in [-0.15, -0.1) is 0 Å². The number of nitrogens with one attached hydrogen (secondary N) is 3. The Labute approximate surface area is 145 Å². The molecule has 0 unspecified atom stereocenters. The molecule has 0 heterocycles. The Morgan fingerprint density at radius 2 is 1.96 bits per heavy atom. The molecular formula is C16H16ClN3O2S. The molecular weight excluding hydrogens is 334 g/mol. The summed E-state index contributed by atoms with van der Waals surface area (Å²) in [5.74, 6) is 0.180. The lowest BCUT2D eigenvalue weighted by molar-refractivity contribution is 0.0977. The smallest absolute Gasteiger partial charge is 0.257 e. The lowest BCUT2D eigenvalue weighted by Gasteiger charge is -2.12. The van der Waals surface area contributed by atoms with Crippen LogP contribution in [0.3, 0.4) is 0 Å². The van der Waals surface area contributed by atoms with Crippen molar-refractivity contribution >= 4 is 40.5 Å². The van der Waals surface area contributed by atoms with Crippen LogP contribution in [0.25, 0.3) is 0 Å². The van der Waals surface area contributed by atoms with Crippen molar-refractivity contribution in [1.29, 1.82) is 0 Å². The quantitative estimate of drug-likeness (QED) is 0.570. The fraction of sp³-hybridized carbons (Fsp3) is 0.125. The summed E-state index contributed by atoms with van der Waals surface area (Å²) in [4.78, 5) is 12.1. The normalized spacial score (nSPS) is 9.83. The summed E-state index contributed by atoms with van der Waals surface area (Å²) in [6, 6.07) is 14.2. The van der Waals surface area contributed by atoms with Crippen molar-refractivity contribution in [2.75, 3.05) is 12.0 Å². The van der Waals surface area contributed by atoms with E-state index >= 15 is 0 Å². The van der Waals surface area contributed by atoms with Crippen molar-refractivity contribution in [3.05, 3.63) is 59.1 Å². The Hall–Kier alpha value is -2.31. The van der Waals surface area contributed by atoms with Crippen molar-refractivity contribution in [3.8, 4) is 5.75 Å². The summed E-state index contributed by atoms with van der Waals surface area (Å²) in [5, 5.41) is 3.10. The zero-order valence-electron chi connectivity index (χ0n) is 12.4. The molecule has 120 valence electrons. The van der Waals surface area contributed by atoms with Crippen LogP contribution in [0.15, 0.2) is 48.5 Å². The number of hydrazine groups is 1. The van der Waals surface area contributed by atoms with Gasteiger partial charge in [-0.2, -0.15) is 0 Å². The molecule has 0 aliphatic carbocycles.